The van der Waals surface area contributed by atoms with Crippen molar-refractivity contribution in [3.8, 4) is 0 Å². The fourth-order valence-electron chi connectivity index (χ4n) is 3.81. The number of fused-ring (bicyclic) bond motifs is 2. The minimum Gasteiger partial charge on any atom is -0.361 e. The lowest BCUT2D eigenvalue weighted by atomic mass is 9.79. The molecule has 0 unspecified atom stereocenters. The molecule has 2 heteroatoms. The zero-order valence-electron chi connectivity index (χ0n) is 13.4. The van der Waals surface area contributed by atoms with Crippen molar-refractivity contribution in [2.75, 3.05) is 7.05 Å². The Morgan fingerprint density at radius 2 is 1.73 bits per heavy atom. The number of benzene rings is 2. The lowest BCUT2D eigenvalue weighted by Crippen LogP contribution is -2.48. The molecule has 0 spiro atoms. The molecule has 0 amide bonds. The Labute approximate surface area is 131 Å². The van der Waals surface area contributed by atoms with Gasteiger partial charge in [-0.3, -0.25) is 4.90 Å². The molecule has 3 aromatic rings. The Balaban J connectivity index is 1.96. The number of rotatable bonds is 1. The van der Waals surface area contributed by atoms with Crippen LogP contribution in [0.2, 0.25) is 0 Å². The highest BCUT2D eigenvalue weighted by Gasteiger charge is 2.38. The zero-order chi connectivity index (χ0) is 15.3. The van der Waals surface area contributed by atoms with E-state index in [0.29, 0.717) is 6.04 Å². The Morgan fingerprint density at radius 3 is 2.59 bits per heavy atom. The van der Waals surface area contributed by atoms with Crippen molar-refractivity contribution in [1.29, 1.82) is 0 Å². The van der Waals surface area contributed by atoms with Crippen molar-refractivity contribution >= 4 is 10.9 Å². The summed E-state index contributed by atoms with van der Waals surface area (Å²) >= 11 is 0. The minimum atomic E-state index is 0.150. The van der Waals surface area contributed by atoms with Crippen LogP contribution in [0.1, 0.15) is 36.6 Å². The summed E-state index contributed by atoms with van der Waals surface area (Å²) in [6.45, 7) is 4.68. The third-order valence-corrected chi connectivity index (χ3v) is 5.23. The molecule has 1 atom stereocenters. The molecule has 0 saturated carbocycles. The number of para-hydroxylation sites is 1. The lowest BCUT2D eigenvalue weighted by Gasteiger charge is -2.46. The number of hydrogen-bond acceptors (Lipinski definition) is 1. The molecule has 4 rings (SSSR count). The number of H-pyrrole nitrogens is 1. The van der Waals surface area contributed by atoms with E-state index in [9.17, 15) is 0 Å². The Bertz CT molecular complexity index is 828. The average Bonchev–Trinajstić information content (AvgIpc) is 2.92. The third-order valence-electron chi connectivity index (χ3n) is 5.23. The van der Waals surface area contributed by atoms with E-state index < -0.39 is 0 Å². The molecule has 1 aliphatic rings. The Kier molecular flexibility index (Phi) is 2.92. The minimum absolute atomic E-state index is 0.150. The van der Waals surface area contributed by atoms with Gasteiger partial charge in [-0.05, 0) is 50.1 Å². The fraction of sp³-hybridized carbons (Fsp3) is 0.300. The molecular formula is C20H22N2. The highest BCUT2D eigenvalue weighted by Crippen LogP contribution is 2.42. The van der Waals surface area contributed by atoms with Crippen LogP contribution < -0.4 is 0 Å². The summed E-state index contributed by atoms with van der Waals surface area (Å²) < 4.78 is 0. The predicted octanol–water partition coefficient (Wildman–Crippen LogP) is 4.52. The summed E-state index contributed by atoms with van der Waals surface area (Å²) in [7, 11) is 2.25. The third kappa shape index (κ3) is 1.91. The van der Waals surface area contributed by atoms with E-state index in [0.717, 1.165) is 6.42 Å². The summed E-state index contributed by atoms with van der Waals surface area (Å²) in [5, 5.41) is 1.33. The molecule has 2 heterocycles. The van der Waals surface area contributed by atoms with Crippen LogP contribution in [0.5, 0.6) is 0 Å². The zero-order valence-corrected chi connectivity index (χ0v) is 13.4. The summed E-state index contributed by atoms with van der Waals surface area (Å²) in [6.07, 6.45) is 3.28. The largest absolute Gasteiger partial charge is 0.361 e. The van der Waals surface area contributed by atoms with Crippen LogP contribution in [0.3, 0.4) is 0 Å². The molecule has 2 nitrogen and oxygen atoms in total. The average molecular weight is 290 g/mol. The van der Waals surface area contributed by atoms with Gasteiger partial charge in [0.05, 0.1) is 6.04 Å². The van der Waals surface area contributed by atoms with E-state index in [4.69, 9.17) is 0 Å². The maximum Gasteiger partial charge on any atom is 0.0627 e. The highest BCUT2D eigenvalue weighted by molar-refractivity contribution is 5.84. The van der Waals surface area contributed by atoms with Gasteiger partial charge in [-0.1, -0.05) is 42.5 Å². The first-order valence-corrected chi connectivity index (χ1v) is 7.95. The number of hydrogen-bond donors (Lipinski definition) is 1. The van der Waals surface area contributed by atoms with E-state index >= 15 is 0 Å². The van der Waals surface area contributed by atoms with Gasteiger partial charge in [0.1, 0.15) is 0 Å². The summed E-state index contributed by atoms with van der Waals surface area (Å²) in [4.78, 5) is 5.96. The molecule has 1 N–H and O–H groups in total. The Morgan fingerprint density at radius 1 is 1.00 bits per heavy atom. The van der Waals surface area contributed by atoms with Gasteiger partial charge in [0.15, 0.2) is 0 Å². The number of aromatic nitrogens is 1. The van der Waals surface area contributed by atoms with E-state index in [1.165, 1.54) is 27.6 Å². The SMILES string of the molecule is CN1[C@H](c2c[nH]c3ccccc23)c2ccccc2CC1(C)C. The van der Waals surface area contributed by atoms with Crippen LogP contribution in [0.25, 0.3) is 10.9 Å². The second kappa shape index (κ2) is 4.72. The van der Waals surface area contributed by atoms with Crippen molar-refractivity contribution in [3.05, 3.63) is 71.4 Å². The van der Waals surface area contributed by atoms with E-state index in [1.807, 2.05) is 0 Å². The number of nitrogens with zero attached hydrogens (tertiary/aromatic N) is 1. The van der Waals surface area contributed by atoms with Crippen LogP contribution in [-0.4, -0.2) is 22.5 Å². The van der Waals surface area contributed by atoms with Gasteiger partial charge in [0.2, 0.25) is 0 Å². The normalized spacial score (nSPS) is 21.0. The van der Waals surface area contributed by atoms with Gasteiger partial charge >= 0.3 is 0 Å². The van der Waals surface area contributed by atoms with Crippen molar-refractivity contribution in [3.63, 3.8) is 0 Å². The molecule has 1 aliphatic heterocycles. The molecule has 0 saturated heterocycles. The van der Waals surface area contributed by atoms with Gasteiger partial charge in [0.25, 0.3) is 0 Å². The topological polar surface area (TPSA) is 19.0 Å². The second-order valence-electron chi connectivity index (χ2n) is 6.99. The summed E-state index contributed by atoms with van der Waals surface area (Å²) in [5.41, 5.74) is 5.65. The number of aromatic amines is 1. The standard InChI is InChI=1S/C20H22N2/c1-20(2)12-14-8-4-5-9-15(14)19(22(20)3)17-13-21-18-11-7-6-10-16(17)18/h4-11,13,19,21H,12H2,1-3H3/t19-/m0/s1. The van der Waals surface area contributed by atoms with Crippen LogP contribution in [0.4, 0.5) is 0 Å². The molecule has 0 radical (unpaired) electrons. The molecular weight excluding hydrogens is 268 g/mol. The second-order valence-corrected chi connectivity index (χ2v) is 6.99. The fourth-order valence-corrected chi connectivity index (χ4v) is 3.81. The van der Waals surface area contributed by atoms with E-state index in [2.05, 4.69) is 85.5 Å². The number of likely N-dealkylation sites (N-methyl/N-ethyl adjacent to an activating group) is 1. The van der Waals surface area contributed by atoms with Crippen LogP contribution in [0, 0.1) is 0 Å². The smallest absolute Gasteiger partial charge is 0.0627 e. The highest BCUT2D eigenvalue weighted by atomic mass is 15.2. The molecule has 1 aromatic heterocycles. The molecule has 0 aliphatic carbocycles. The van der Waals surface area contributed by atoms with Crippen LogP contribution in [-0.2, 0) is 6.42 Å². The first-order valence-electron chi connectivity index (χ1n) is 7.95. The summed E-state index contributed by atoms with van der Waals surface area (Å²) in [5.74, 6) is 0. The quantitative estimate of drug-likeness (QED) is 0.698. The van der Waals surface area contributed by atoms with E-state index in [-0.39, 0.29) is 5.54 Å². The first kappa shape index (κ1) is 13.6. The van der Waals surface area contributed by atoms with Gasteiger partial charge in [-0.2, -0.15) is 0 Å². The monoisotopic (exact) mass is 290 g/mol. The maximum atomic E-state index is 3.44. The Hall–Kier alpha value is -2.06. The first-order chi connectivity index (χ1) is 10.6. The van der Waals surface area contributed by atoms with Crippen LogP contribution >= 0.6 is 0 Å². The molecule has 0 fully saturated rings. The molecule has 22 heavy (non-hydrogen) atoms. The van der Waals surface area contributed by atoms with Crippen LogP contribution in [0.15, 0.2) is 54.7 Å². The molecule has 0 bridgehead atoms. The number of nitrogens with one attached hydrogen (secondary N) is 1. The molecule has 2 aromatic carbocycles. The lowest BCUT2D eigenvalue weighted by molar-refractivity contribution is 0.106. The van der Waals surface area contributed by atoms with Crippen molar-refractivity contribution < 1.29 is 0 Å². The van der Waals surface area contributed by atoms with E-state index in [1.54, 1.807) is 0 Å². The van der Waals surface area contributed by atoms with Crippen molar-refractivity contribution in [2.45, 2.75) is 31.8 Å². The maximum absolute atomic E-state index is 3.44. The van der Waals surface area contributed by atoms with Gasteiger partial charge in [-0.15, -0.1) is 0 Å². The molecule has 112 valence electrons. The summed E-state index contributed by atoms with van der Waals surface area (Å²) in [6, 6.07) is 17.8. The van der Waals surface area contributed by atoms with Gasteiger partial charge in [0, 0.05) is 22.6 Å². The van der Waals surface area contributed by atoms with Gasteiger partial charge < -0.3 is 4.98 Å². The predicted molar refractivity (Wildman–Crippen MR) is 92.1 cm³/mol. The van der Waals surface area contributed by atoms with Crippen molar-refractivity contribution in [1.82, 2.24) is 9.88 Å². The van der Waals surface area contributed by atoms with Gasteiger partial charge in [-0.25, -0.2) is 0 Å². The van der Waals surface area contributed by atoms with Crippen molar-refractivity contribution in [2.24, 2.45) is 0 Å².